The number of hydrogen-bond acceptors (Lipinski definition) is 1. The molecular weight excluding hydrogens is 613 g/mol. The Hall–Kier alpha value is -0.857. The largest absolute Gasteiger partial charge is 2.00 e. The summed E-state index contributed by atoms with van der Waals surface area (Å²) in [6.45, 7) is 11.0. The molecule has 0 spiro atoms. The van der Waals surface area contributed by atoms with E-state index in [9.17, 15) is 50.4 Å². The van der Waals surface area contributed by atoms with Crippen LogP contribution in [0.2, 0.25) is 0 Å². The Morgan fingerprint density at radius 1 is 0.515 bits per heavy atom. The van der Waals surface area contributed by atoms with Crippen LogP contribution in [-0.4, -0.2) is 7.11 Å². The summed E-state index contributed by atoms with van der Waals surface area (Å²) in [6, 6.07) is 9.68. The first-order valence-electron chi connectivity index (χ1n) is 8.30. The Kier molecular flexibility index (Phi) is 11.1. The van der Waals surface area contributed by atoms with Crippen molar-refractivity contribution in [2.24, 2.45) is 0 Å². The molecule has 1 aliphatic carbocycles. The third kappa shape index (κ3) is 31.1. The van der Waals surface area contributed by atoms with Gasteiger partial charge in [-0.3, -0.25) is 0 Å². The van der Waals surface area contributed by atoms with Crippen LogP contribution >= 0.6 is 15.6 Å². The molecule has 0 amide bonds. The summed E-state index contributed by atoms with van der Waals surface area (Å²) < 4.78 is 123. The smallest absolute Gasteiger partial charge is 2.00 e. The van der Waals surface area contributed by atoms with Crippen LogP contribution in [0.25, 0.3) is 0 Å². The van der Waals surface area contributed by atoms with E-state index in [0.29, 0.717) is 0 Å². The Bertz CT molecular complexity index is 767. The van der Waals surface area contributed by atoms with E-state index in [1.165, 1.54) is 28.2 Å². The van der Waals surface area contributed by atoms with Crippen molar-refractivity contribution in [3.8, 4) is 5.75 Å². The van der Waals surface area contributed by atoms with Crippen molar-refractivity contribution in [3.63, 3.8) is 0 Å². The van der Waals surface area contributed by atoms with Gasteiger partial charge in [-0.15, -0.1) is 0 Å². The molecule has 0 saturated carbocycles. The number of allylic oxidation sites excluding steroid dienone is 4. The van der Waals surface area contributed by atoms with Crippen LogP contribution in [0, 0.1) is 5.92 Å². The van der Waals surface area contributed by atoms with Crippen molar-refractivity contribution in [1.29, 1.82) is 0 Å². The van der Waals surface area contributed by atoms with E-state index in [2.05, 4.69) is 34.6 Å². The van der Waals surface area contributed by atoms with Crippen LogP contribution in [0.3, 0.4) is 0 Å². The predicted molar refractivity (Wildman–Crippen MR) is 106 cm³/mol. The van der Waals surface area contributed by atoms with Gasteiger partial charge in [-0.25, -0.2) is 0 Å². The molecule has 200 valence electrons. The molecule has 0 heterocycles. The van der Waals surface area contributed by atoms with E-state index < -0.39 is 15.6 Å². The van der Waals surface area contributed by atoms with Gasteiger partial charge >= 0.3 is 85.5 Å². The second kappa shape index (κ2) is 10.0. The summed E-state index contributed by atoms with van der Waals surface area (Å²) in [5, 5.41) is 0. The van der Waals surface area contributed by atoms with Crippen molar-refractivity contribution in [2.75, 3.05) is 7.11 Å². The maximum absolute atomic E-state index is 10.7. The van der Waals surface area contributed by atoms with Gasteiger partial charge in [0.05, 0.1) is 7.11 Å². The molecule has 1 aromatic rings. The fourth-order valence-corrected chi connectivity index (χ4v) is 1.96. The van der Waals surface area contributed by atoms with E-state index in [1.807, 2.05) is 30.3 Å². The summed E-state index contributed by atoms with van der Waals surface area (Å²) in [5.74, 6) is 2.38. The molecule has 0 saturated heterocycles. The average molecular weight is 636 g/mol. The zero-order chi connectivity index (χ0) is 26.5. The molecule has 0 fully saturated rings. The monoisotopic (exact) mass is 636 g/mol. The van der Waals surface area contributed by atoms with Gasteiger partial charge in [0.15, 0.2) is 0 Å². The second-order valence-corrected chi connectivity index (χ2v) is 10.4. The zero-order valence-corrected chi connectivity index (χ0v) is 21.5. The average Bonchev–Trinajstić information content (AvgIpc) is 2.68. The first kappa shape index (κ1) is 36.7. The van der Waals surface area contributed by atoms with Gasteiger partial charge in [0.25, 0.3) is 0 Å². The summed E-state index contributed by atoms with van der Waals surface area (Å²) in [5.41, 5.74) is 5.87. The standard InChI is InChI=1S/C10H15.C7H8O.2F6P.Rh/c1-6-7(2)9(4)10(5)8(6)3;1-8-7-5-3-2-4-6-7;2*1-7(2,3,4,5)6;/h1-5H3;2-6H,1H3;;;/q;;2*-1;+2. The minimum absolute atomic E-state index is 0. The molecule has 0 atom stereocenters. The molecule has 0 aliphatic heterocycles. The van der Waals surface area contributed by atoms with Crippen LogP contribution < -0.4 is 4.74 Å². The maximum atomic E-state index is 9.87. The minimum Gasteiger partial charge on any atom is 2.00 e. The zero-order valence-electron chi connectivity index (χ0n) is 18.1. The summed E-state index contributed by atoms with van der Waals surface area (Å²) in [6.07, 6.45) is 0. The van der Waals surface area contributed by atoms with Crippen molar-refractivity contribution >= 4 is 15.6 Å². The van der Waals surface area contributed by atoms with Gasteiger partial charge in [-0.1, -0.05) is 36.3 Å². The minimum atomic E-state index is -10.7. The quantitative estimate of drug-likeness (QED) is 0.169. The van der Waals surface area contributed by atoms with Crippen molar-refractivity contribution in [1.82, 2.24) is 0 Å². The number of benzene rings is 1. The van der Waals surface area contributed by atoms with Crippen LogP contribution in [-0.2, 0) is 19.5 Å². The van der Waals surface area contributed by atoms with E-state index in [1.54, 1.807) is 7.11 Å². The number of methoxy groups -OCH3 is 1. The third-order valence-corrected chi connectivity index (χ3v) is 3.79. The Labute approximate surface area is 196 Å². The van der Waals surface area contributed by atoms with Gasteiger partial charge in [0, 0.05) is 5.92 Å². The molecule has 1 aromatic carbocycles. The molecule has 0 bridgehead atoms. The Morgan fingerprint density at radius 3 is 0.879 bits per heavy atom. The summed E-state index contributed by atoms with van der Waals surface area (Å²) >= 11 is 0. The summed E-state index contributed by atoms with van der Waals surface area (Å²) in [7, 11) is -19.7. The molecule has 0 aromatic heterocycles. The van der Waals surface area contributed by atoms with E-state index in [4.69, 9.17) is 4.74 Å². The van der Waals surface area contributed by atoms with Gasteiger partial charge in [-0.2, -0.15) is 0 Å². The van der Waals surface area contributed by atoms with Gasteiger partial charge in [-0.05, 0) is 51.0 Å². The number of halogens is 12. The van der Waals surface area contributed by atoms with Gasteiger partial charge in [0.1, 0.15) is 5.75 Å². The first-order chi connectivity index (χ1) is 13.4. The molecule has 2 rings (SSSR count). The van der Waals surface area contributed by atoms with E-state index >= 15 is 0 Å². The molecular formula is C17H23F12OP2Rh. The van der Waals surface area contributed by atoms with Crippen LogP contribution in [0.1, 0.15) is 34.6 Å². The molecule has 0 unspecified atom stereocenters. The predicted octanol–water partition coefficient (Wildman–Crippen LogP) is 11.7. The molecule has 1 nitrogen and oxygen atoms in total. The van der Waals surface area contributed by atoms with E-state index in [-0.39, 0.29) is 19.5 Å². The van der Waals surface area contributed by atoms with Gasteiger partial charge < -0.3 is 4.74 Å². The Morgan fingerprint density at radius 2 is 0.758 bits per heavy atom. The fraction of sp³-hybridized carbons (Fsp3) is 0.353. The van der Waals surface area contributed by atoms with Crippen molar-refractivity contribution in [3.05, 3.63) is 58.5 Å². The molecule has 16 heteroatoms. The first-order valence-corrected chi connectivity index (χ1v) is 12.4. The maximum Gasteiger partial charge on any atom is 2.00 e. The number of ether oxygens (including phenoxy) is 1. The normalized spacial score (nSPS) is 18.4. The summed E-state index contributed by atoms with van der Waals surface area (Å²) in [4.78, 5) is 0. The topological polar surface area (TPSA) is 9.23 Å². The molecule has 0 N–H and O–H groups in total. The van der Waals surface area contributed by atoms with Crippen LogP contribution in [0.5, 0.6) is 5.75 Å². The molecule has 1 aliphatic rings. The van der Waals surface area contributed by atoms with Crippen LogP contribution in [0.4, 0.5) is 50.4 Å². The third-order valence-electron chi connectivity index (χ3n) is 3.79. The fourth-order valence-electron chi connectivity index (χ4n) is 1.96. The van der Waals surface area contributed by atoms with Crippen molar-refractivity contribution < 1.29 is 74.6 Å². The van der Waals surface area contributed by atoms with Crippen LogP contribution in [0.15, 0.2) is 52.6 Å². The Balaban J connectivity index is -0.000000365. The number of rotatable bonds is 1. The van der Waals surface area contributed by atoms with Crippen molar-refractivity contribution in [2.45, 2.75) is 34.6 Å². The molecule has 33 heavy (non-hydrogen) atoms. The molecule has 2 radical (unpaired) electrons. The SMILES string of the molecule is COc1ccccc1.C[C]1C(C)=C(C)C(C)=C1C.F[P-](F)(F)(F)(F)F.F[P-](F)(F)(F)(F)F.[Rh+2]. The second-order valence-electron chi connectivity index (χ2n) is 6.56. The number of hydrogen-bond donors (Lipinski definition) is 0. The van der Waals surface area contributed by atoms with E-state index in [0.717, 1.165) is 5.75 Å². The van der Waals surface area contributed by atoms with Gasteiger partial charge in [0.2, 0.25) is 0 Å². The number of para-hydroxylation sites is 1.